The first-order valence-corrected chi connectivity index (χ1v) is 11.4. The second-order valence-corrected chi connectivity index (χ2v) is 9.39. The van der Waals surface area contributed by atoms with Crippen molar-refractivity contribution >= 4 is 28.5 Å². The number of nitrogens with one attached hydrogen (secondary N) is 2. The summed E-state index contributed by atoms with van der Waals surface area (Å²) in [5, 5.41) is 4.39. The first kappa shape index (κ1) is 20.0. The van der Waals surface area contributed by atoms with Crippen molar-refractivity contribution < 1.29 is 9.53 Å². The van der Waals surface area contributed by atoms with Crippen molar-refractivity contribution in [1.82, 2.24) is 29.2 Å². The first-order valence-electron chi connectivity index (χ1n) is 11.4. The number of ether oxygens (including phenoxy) is 1. The maximum atomic E-state index is 11.5. The van der Waals surface area contributed by atoms with Crippen LogP contribution in [0.4, 0.5) is 5.95 Å². The fraction of sp³-hybridized carbons (Fsp3) is 0.417. The number of fused-ring (bicyclic) bond motifs is 2. The molecule has 2 aliphatic rings. The number of pyridine rings is 1. The summed E-state index contributed by atoms with van der Waals surface area (Å²) < 4.78 is 7.67. The number of aromatic nitrogens is 5. The summed E-state index contributed by atoms with van der Waals surface area (Å²) in [5.74, 6) is 1.32. The Morgan fingerprint density at radius 1 is 1.24 bits per heavy atom. The van der Waals surface area contributed by atoms with Crippen LogP contribution in [-0.4, -0.2) is 61.4 Å². The van der Waals surface area contributed by atoms with E-state index in [9.17, 15) is 4.79 Å². The summed E-state index contributed by atoms with van der Waals surface area (Å²) in [6.45, 7) is 3.46. The van der Waals surface area contributed by atoms with Gasteiger partial charge in [-0.3, -0.25) is 4.79 Å². The van der Waals surface area contributed by atoms with Crippen molar-refractivity contribution in [3.8, 4) is 17.0 Å². The molecule has 1 amide bonds. The van der Waals surface area contributed by atoms with E-state index in [1.165, 1.54) is 0 Å². The van der Waals surface area contributed by atoms with E-state index >= 15 is 0 Å². The predicted molar refractivity (Wildman–Crippen MR) is 125 cm³/mol. The Labute approximate surface area is 191 Å². The van der Waals surface area contributed by atoms with E-state index in [2.05, 4.69) is 15.3 Å². The van der Waals surface area contributed by atoms with Gasteiger partial charge in [0.05, 0.1) is 12.5 Å². The standard InChI is InChI=1S/C24H27N7O2/c1-15(32)31-13-24(14-31)7-5-17(6-8-24)27-23-28-21-20(22(29-23)33-2)18(11-26-21)16-3-4-19-25-9-10-30(19)12-16/h3-4,9-12,17H,5-8,13-14H2,1-2H3,(H2,26,27,28,29). The number of carbonyl (C=O) groups is 1. The number of H-pyrrole nitrogens is 1. The Hall–Kier alpha value is -3.62. The number of hydrogen-bond donors (Lipinski definition) is 2. The molecule has 0 unspecified atom stereocenters. The molecule has 0 bridgehead atoms. The third-order valence-corrected chi connectivity index (χ3v) is 7.27. The molecule has 33 heavy (non-hydrogen) atoms. The second-order valence-electron chi connectivity index (χ2n) is 9.39. The van der Waals surface area contributed by atoms with Crippen molar-refractivity contribution in [3.05, 3.63) is 36.9 Å². The number of aromatic amines is 1. The quantitative estimate of drug-likeness (QED) is 0.499. The van der Waals surface area contributed by atoms with E-state index < -0.39 is 0 Å². The fourth-order valence-corrected chi connectivity index (χ4v) is 5.38. The molecule has 170 valence electrons. The topological polar surface area (TPSA) is 100 Å². The average Bonchev–Trinajstić information content (AvgIpc) is 3.44. The average molecular weight is 446 g/mol. The number of imidazole rings is 1. The van der Waals surface area contributed by atoms with Crippen LogP contribution in [-0.2, 0) is 4.79 Å². The molecule has 1 saturated heterocycles. The number of carbonyl (C=O) groups excluding carboxylic acids is 1. The summed E-state index contributed by atoms with van der Waals surface area (Å²) in [6, 6.07) is 4.36. The summed E-state index contributed by atoms with van der Waals surface area (Å²) in [5.41, 5.74) is 3.99. The number of likely N-dealkylation sites (tertiary alicyclic amines) is 1. The molecule has 0 aromatic carbocycles. The maximum Gasteiger partial charge on any atom is 0.228 e. The molecular formula is C24H27N7O2. The number of anilines is 1. The molecule has 4 aromatic heterocycles. The highest BCUT2D eigenvalue weighted by atomic mass is 16.5. The van der Waals surface area contributed by atoms with Crippen LogP contribution in [0.5, 0.6) is 5.88 Å². The van der Waals surface area contributed by atoms with E-state index in [1.807, 2.05) is 40.0 Å². The van der Waals surface area contributed by atoms with E-state index in [4.69, 9.17) is 14.7 Å². The Kier molecular flexibility index (Phi) is 4.53. The van der Waals surface area contributed by atoms with Gasteiger partial charge < -0.3 is 24.3 Å². The zero-order valence-corrected chi connectivity index (χ0v) is 18.8. The zero-order valence-electron chi connectivity index (χ0n) is 18.8. The molecule has 1 aliphatic carbocycles. The number of nitrogens with zero attached hydrogens (tertiary/aromatic N) is 5. The minimum absolute atomic E-state index is 0.185. The molecule has 2 N–H and O–H groups in total. The van der Waals surface area contributed by atoms with Gasteiger partial charge in [0.2, 0.25) is 17.7 Å². The minimum atomic E-state index is 0.185. The molecule has 1 saturated carbocycles. The molecule has 6 rings (SSSR count). The molecule has 9 heteroatoms. The number of hydrogen-bond acceptors (Lipinski definition) is 6. The van der Waals surface area contributed by atoms with Crippen LogP contribution in [0.2, 0.25) is 0 Å². The van der Waals surface area contributed by atoms with Crippen LogP contribution in [0.1, 0.15) is 32.6 Å². The highest BCUT2D eigenvalue weighted by Crippen LogP contribution is 2.44. The molecule has 9 nitrogen and oxygen atoms in total. The van der Waals surface area contributed by atoms with Crippen LogP contribution >= 0.6 is 0 Å². The van der Waals surface area contributed by atoms with Crippen molar-refractivity contribution in [1.29, 1.82) is 0 Å². The van der Waals surface area contributed by atoms with Gasteiger partial charge in [0.1, 0.15) is 11.3 Å². The molecule has 5 heterocycles. The summed E-state index contributed by atoms with van der Waals surface area (Å²) >= 11 is 0. The van der Waals surface area contributed by atoms with Crippen molar-refractivity contribution in [2.45, 2.75) is 38.6 Å². The van der Waals surface area contributed by atoms with Crippen LogP contribution in [0.25, 0.3) is 27.8 Å². The predicted octanol–water partition coefficient (Wildman–Crippen LogP) is 3.48. The van der Waals surface area contributed by atoms with E-state index in [0.717, 1.165) is 66.6 Å². The summed E-state index contributed by atoms with van der Waals surface area (Å²) in [4.78, 5) is 30.5. The lowest BCUT2D eigenvalue weighted by molar-refractivity contribution is -0.143. The third-order valence-electron chi connectivity index (χ3n) is 7.27. The molecule has 0 radical (unpaired) electrons. The van der Waals surface area contributed by atoms with Gasteiger partial charge in [-0.25, -0.2) is 4.98 Å². The summed E-state index contributed by atoms with van der Waals surface area (Å²) in [6.07, 6.45) is 12.1. The lowest BCUT2D eigenvalue weighted by Gasteiger charge is -2.53. The van der Waals surface area contributed by atoms with Gasteiger partial charge in [-0.2, -0.15) is 9.97 Å². The van der Waals surface area contributed by atoms with Gasteiger partial charge in [-0.15, -0.1) is 0 Å². The fourth-order valence-electron chi connectivity index (χ4n) is 5.38. The lowest BCUT2D eigenvalue weighted by Crippen LogP contribution is -2.59. The number of methoxy groups -OCH3 is 1. The van der Waals surface area contributed by atoms with Gasteiger partial charge in [-0.05, 0) is 37.8 Å². The van der Waals surface area contributed by atoms with Gasteiger partial charge in [-0.1, -0.05) is 0 Å². The van der Waals surface area contributed by atoms with Gasteiger partial charge in [0.15, 0.2) is 0 Å². The number of amides is 1. The van der Waals surface area contributed by atoms with Crippen molar-refractivity contribution in [2.75, 3.05) is 25.5 Å². The Morgan fingerprint density at radius 3 is 2.82 bits per heavy atom. The largest absolute Gasteiger partial charge is 0.480 e. The van der Waals surface area contributed by atoms with Crippen molar-refractivity contribution in [3.63, 3.8) is 0 Å². The lowest BCUT2D eigenvalue weighted by atomic mass is 9.67. The second kappa shape index (κ2) is 7.47. The highest BCUT2D eigenvalue weighted by Gasteiger charge is 2.46. The molecule has 0 atom stereocenters. The van der Waals surface area contributed by atoms with Gasteiger partial charge >= 0.3 is 0 Å². The SMILES string of the molecule is COc1nc(NC2CCC3(CC2)CN(C(C)=O)C3)nc2[nH]cc(-c3ccc4nccn4c3)c12. The number of rotatable bonds is 4. The monoisotopic (exact) mass is 445 g/mol. The highest BCUT2D eigenvalue weighted by molar-refractivity contribution is 5.97. The molecular weight excluding hydrogens is 418 g/mol. The van der Waals surface area contributed by atoms with Crippen LogP contribution in [0, 0.1) is 5.41 Å². The van der Waals surface area contributed by atoms with Crippen LogP contribution in [0.15, 0.2) is 36.9 Å². The first-order chi connectivity index (χ1) is 16.0. The Bertz CT molecular complexity index is 1340. The minimum Gasteiger partial charge on any atom is -0.480 e. The van der Waals surface area contributed by atoms with Crippen LogP contribution in [0.3, 0.4) is 0 Å². The van der Waals surface area contributed by atoms with Gasteiger partial charge in [0, 0.05) is 67.4 Å². The third kappa shape index (κ3) is 3.39. The Morgan fingerprint density at radius 2 is 2.06 bits per heavy atom. The molecule has 4 aromatic rings. The maximum absolute atomic E-state index is 11.5. The normalized spacial score (nSPS) is 18.1. The van der Waals surface area contributed by atoms with E-state index in [1.54, 1.807) is 20.2 Å². The smallest absolute Gasteiger partial charge is 0.228 e. The molecule has 1 spiro atoms. The molecule has 2 fully saturated rings. The molecule has 1 aliphatic heterocycles. The van der Waals surface area contributed by atoms with E-state index in [0.29, 0.717) is 23.3 Å². The van der Waals surface area contributed by atoms with Crippen molar-refractivity contribution in [2.24, 2.45) is 5.41 Å². The zero-order chi connectivity index (χ0) is 22.6. The Balaban J connectivity index is 1.22. The summed E-state index contributed by atoms with van der Waals surface area (Å²) in [7, 11) is 1.64. The van der Waals surface area contributed by atoms with Crippen LogP contribution < -0.4 is 10.1 Å². The van der Waals surface area contributed by atoms with Gasteiger partial charge in [0.25, 0.3) is 0 Å². The van der Waals surface area contributed by atoms with E-state index in [-0.39, 0.29) is 5.91 Å².